The SMILES string of the molecule is CCN(CC)C(CCCCCCC(=O)O)C(=O)O. The lowest BCUT2D eigenvalue weighted by atomic mass is 10.0. The van der Waals surface area contributed by atoms with Gasteiger partial charge in [-0.05, 0) is 25.9 Å². The molecule has 5 nitrogen and oxygen atoms in total. The van der Waals surface area contributed by atoms with E-state index in [2.05, 4.69) is 0 Å². The average Bonchev–Trinajstić information content (AvgIpc) is 2.31. The Kier molecular flexibility index (Phi) is 9.28. The van der Waals surface area contributed by atoms with Gasteiger partial charge in [-0.3, -0.25) is 14.5 Å². The number of nitrogens with zero attached hydrogens (tertiary/aromatic N) is 1. The van der Waals surface area contributed by atoms with Gasteiger partial charge < -0.3 is 10.2 Å². The Bertz CT molecular complexity index is 251. The summed E-state index contributed by atoms with van der Waals surface area (Å²) in [6.45, 7) is 5.41. The van der Waals surface area contributed by atoms with Crippen molar-refractivity contribution in [2.45, 2.75) is 58.4 Å². The molecule has 0 aliphatic heterocycles. The molecule has 0 aliphatic carbocycles. The number of hydrogen-bond donors (Lipinski definition) is 2. The van der Waals surface area contributed by atoms with E-state index in [9.17, 15) is 9.59 Å². The Balaban J connectivity index is 3.84. The predicted molar refractivity (Wildman–Crippen MR) is 69.7 cm³/mol. The molecule has 0 bridgehead atoms. The van der Waals surface area contributed by atoms with Crippen LogP contribution in [0.4, 0.5) is 0 Å². The quantitative estimate of drug-likeness (QED) is 0.556. The van der Waals surface area contributed by atoms with Crippen molar-refractivity contribution in [2.75, 3.05) is 13.1 Å². The lowest BCUT2D eigenvalue weighted by molar-refractivity contribution is -0.143. The molecule has 0 saturated heterocycles. The monoisotopic (exact) mass is 259 g/mol. The Labute approximate surface area is 109 Å². The molecule has 0 fully saturated rings. The first-order chi connectivity index (χ1) is 8.52. The number of aliphatic carboxylic acids is 2. The molecular formula is C13H25NO4. The van der Waals surface area contributed by atoms with Gasteiger partial charge in [-0.15, -0.1) is 0 Å². The van der Waals surface area contributed by atoms with Gasteiger partial charge in [0.2, 0.25) is 0 Å². The van der Waals surface area contributed by atoms with Crippen LogP contribution in [0.2, 0.25) is 0 Å². The first-order valence-corrected chi connectivity index (χ1v) is 6.71. The van der Waals surface area contributed by atoms with Crippen LogP contribution >= 0.6 is 0 Å². The maximum absolute atomic E-state index is 11.1. The summed E-state index contributed by atoms with van der Waals surface area (Å²) < 4.78 is 0. The highest BCUT2D eigenvalue weighted by Crippen LogP contribution is 2.12. The molecule has 106 valence electrons. The van der Waals surface area contributed by atoms with E-state index < -0.39 is 18.0 Å². The van der Waals surface area contributed by atoms with Crippen molar-refractivity contribution >= 4 is 11.9 Å². The van der Waals surface area contributed by atoms with E-state index in [0.717, 1.165) is 32.4 Å². The Morgan fingerprint density at radius 2 is 1.56 bits per heavy atom. The van der Waals surface area contributed by atoms with Crippen LogP contribution in [0.25, 0.3) is 0 Å². The molecule has 0 aromatic rings. The van der Waals surface area contributed by atoms with Crippen LogP contribution < -0.4 is 0 Å². The zero-order valence-electron chi connectivity index (χ0n) is 11.4. The van der Waals surface area contributed by atoms with E-state index >= 15 is 0 Å². The number of unbranched alkanes of at least 4 members (excludes halogenated alkanes) is 3. The molecule has 0 radical (unpaired) electrons. The second kappa shape index (κ2) is 9.88. The van der Waals surface area contributed by atoms with Crippen molar-refractivity contribution < 1.29 is 19.8 Å². The van der Waals surface area contributed by atoms with Gasteiger partial charge in [0.25, 0.3) is 0 Å². The summed E-state index contributed by atoms with van der Waals surface area (Å²) in [5.74, 6) is -1.52. The van der Waals surface area contributed by atoms with Crippen LogP contribution in [0.15, 0.2) is 0 Å². The predicted octanol–water partition coefficient (Wildman–Crippen LogP) is 2.21. The second-order valence-electron chi connectivity index (χ2n) is 4.42. The van der Waals surface area contributed by atoms with E-state index in [-0.39, 0.29) is 6.42 Å². The number of carbonyl (C=O) groups is 2. The topological polar surface area (TPSA) is 77.8 Å². The van der Waals surface area contributed by atoms with E-state index in [1.165, 1.54) is 0 Å². The third-order valence-corrected chi connectivity index (χ3v) is 3.16. The van der Waals surface area contributed by atoms with E-state index in [1.54, 1.807) is 0 Å². The van der Waals surface area contributed by atoms with Gasteiger partial charge in [-0.25, -0.2) is 0 Å². The summed E-state index contributed by atoms with van der Waals surface area (Å²) >= 11 is 0. The molecule has 18 heavy (non-hydrogen) atoms. The average molecular weight is 259 g/mol. The van der Waals surface area contributed by atoms with Gasteiger partial charge >= 0.3 is 11.9 Å². The summed E-state index contributed by atoms with van der Waals surface area (Å²) in [6.07, 6.45) is 4.13. The highest BCUT2D eigenvalue weighted by molar-refractivity contribution is 5.73. The summed E-state index contributed by atoms with van der Waals surface area (Å²) in [5, 5.41) is 17.6. The Hall–Kier alpha value is -1.10. The van der Waals surface area contributed by atoms with E-state index in [4.69, 9.17) is 10.2 Å². The minimum absolute atomic E-state index is 0.207. The Morgan fingerprint density at radius 3 is 2.00 bits per heavy atom. The third kappa shape index (κ3) is 7.27. The van der Waals surface area contributed by atoms with Gasteiger partial charge in [-0.2, -0.15) is 0 Å². The van der Waals surface area contributed by atoms with Crippen LogP contribution in [-0.2, 0) is 9.59 Å². The normalized spacial score (nSPS) is 12.6. The molecule has 0 aromatic heterocycles. The standard InChI is InChI=1S/C13H25NO4/c1-3-14(4-2)11(13(17)18)9-7-5-6-8-10-12(15)16/h11H,3-10H2,1-2H3,(H,15,16)(H,17,18). The van der Waals surface area contributed by atoms with Gasteiger partial charge in [0.1, 0.15) is 6.04 Å². The number of carboxylic acid groups (broad SMARTS) is 2. The molecule has 5 heteroatoms. The largest absolute Gasteiger partial charge is 0.481 e. The number of likely N-dealkylation sites (N-methyl/N-ethyl adjacent to an activating group) is 1. The van der Waals surface area contributed by atoms with Gasteiger partial charge in [-0.1, -0.05) is 33.1 Å². The van der Waals surface area contributed by atoms with Crippen LogP contribution in [-0.4, -0.2) is 46.2 Å². The molecule has 0 rings (SSSR count). The fraction of sp³-hybridized carbons (Fsp3) is 0.846. The van der Waals surface area contributed by atoms with E-state index in [1.807, 2.05) is 18.7 Å². The van der Waals surface area contributed by atoms with Crippen molar-refractivity contribution in [2.24, 2.45) is 0 Å². The van der Waals surface area contributed by atoms with Crippen molar-refractivity contribution in [3.05, 3.63) is 0 Å². The summed E-state index contributed by atoms with van der Waals surface area (Å²) in [5.41, 5.74) is 0. The number of rotatable bonds is 11. The van der Waals surface area contributed by atoms with Gasteiger partial charge in [0, 0.05) is 6.42 Å². The van der Waals surface area contributed by atoms with Crippen molar-refractivity contribution in [1.82, 2.24) is 4.90 Å². The second-order valence-corrected chi connectivity index (χ2v) is 4.42. The van der Waals surface area contributed by atoms with Crippen LogP contribution in [0.3, 0.4) is 0 Å². The minimum atomic E-state index is -0.762. The Morgan fingerprint density at radius 1 is 1.00 bits per heavy atom. The molecule has 0 aromatic carbocycles. The van der Waals surface area contributed by atoms with Crippen molar-refractivity contribution in [3.63, 3.8) is 0 Å². The summed E-state index contributed by atoms with van der Waals surface area (Å²) in [6, 6.07) is -0.403. The maximum atomic E-state index is 11.1. The highest BCUT2D eigenvalue weighted by Gasteiger charge is 2.22. The molecule has 0 aliphatic rings. The summed E-state index contributed by atoms with van der Waals surface area (Å²) in [4.78, 5) is 23.4. The molecule has 0 heterocycles. The van der Waals surface area contributed by atoms with Crippen LogP contribution in [0, 0.1) is 0 Å². The highest BCUT2D eigenvalue weighted by atomic mass is 16.4. The van der Waals surface area contributed by atoms with Gasteiger partial charge in [0.05, 0.1) is 0 Å². The number of carboxylic acids is 2. The molecule has 1 atom stereocenters. The molecule has 0 saturated carbocycles. The first kappa shape index (κ1) is 16.9. The molecule has 1 unspecified atom stereocenters. The molecular weight excluding hydrogens is 234 g/mol. The van der Waals surface area contributed by atoms with Crippen molar-refractivity contribution in [3.8, 4) is 0 Å². The zero-order chi connectivity index (χ0) is 14.0. The zero-order valence-corrected chi connectivity index (χ0v) is 11.4. The van der Waals surface area contributed by atoms with Crippen molar-refractivity contribution in [1.29, 1.82) is 0 Å². The molecule has 2 N–H and O–H groups in total. The smallest absolute Gasteiger partial charge is 0.320 e. The van der Waals surface area contributed by atoms with Crippen LogP contribution in [0.1, 0.15) is 52.4 Å². The van der Waals surface area contributed by atoms with E-state index in [0.29, 0.717) is 12.8 Å². The fourth-order valence-electron chi connectivity index (χ4n) is 2.09. The summed E-state index contributed by atoms with van der Waals surface area (Å²) in [7, 11) is 0. The third-order valence-electron chi connectivity index (χ3n) is 3.16. The fourth-order valence-corrected chi connectivity index (χ4v) is 2.09. The van der Waals surface area contributed by atoms with Gasteiger partial charge in [0.15, 0.2) is 0 Å². The first-order valence-electron chi connectivity index (χ1n) is 6.71. The number of hydrogen-bond acceptors (Lipinski definition) is 3. The lowest BCUT2D eigenvalue weighted by Gasteiger charge is -2.26. The molecule has 0 spiro atoms. The lowest BCUT2D eigenvalue weighted by Crippen LogP contribution is -2.40. The van der Waals surface area contributed by atoms with Crippen LogP contribution in [0.5, 0.6) is 0 Å². The molecule has 0 amide bonds. The maximum Gasteiger partial charge on any atom is 0.320 e. The minimum Gasteiger partial charge on any atom is -0.481 e.